The summed E-state index contributed by atoms with van der Waals surface area (Å²) in [5.41, 5.74) is 3.15. The number of hydrogen-bond acceptors (Lipinski definition) is 4. The summed E-state index contributed by atoms with van der Waals surface area (Å²) < 4.78 is 0. The van der Waals surface area contributed by atoms with Crippen LogP contribution in [-0.2, 0) is 4.79 Å². The van der Waals surface area contributed by atoms with Crippen LogP contribution in [0, 0.1) is 16.7 Å². The second-order valence-electron chi connectivity index (χ2n) is 8.90. The summed E-state index contributed by atoms with van der Waals surface area (Å²) in [6, 6.07) is 20.2. The first-order valence-corrected chi connectivity index (χ1v) is 10.3. The second kappa shape index (κ2) is 7.79. The molecule has 1 aromatic heterocycles. The van der Waals surface area contributed by atoms with Crippen LogP contribution >= 0.6 is 0 Å². The number of carbonyl (C=O) groups is 1. The third-order valence-electron chi connectivity index (χ3n) is 5.51. The maximum absolute atomic E-state index is 12.4. The molecule has 1 amide bonds. The molecule has 0 radical (unpaired) electrons. The van der Waals surface area contributed by atoms with Crippen molar-refractivity contribution in [1.82, 2.24) is 10.3 Å². The number of amides is 1. The third-order valence-corrected chi connectivity index (χ3v) is 5.51. The zero-order valence-electron chi connectivity index (χ0n) is 17.6. The van der Waals surface area contributed by atoms with Gasteiger partial charge in [-0.05, 0) is 36.2 Å². The Kier molecular flexibility index (Phi) is 5.17. The van der Waals surface area contributed by atoms with Crippen LogP contribution in [0.1, 0.15) is 32.8 Å². The number of anilines is 1. The molecule has 1 aliphatic heterocycles. The average Bonchev–Trinajstić information content (AvgIpc) is 3.20. The number of rotatable bonds is 3. The van der Waals surface area contributed by atoms with E-state index in [-0.39, 0.29) is 11.9 Å². The molecule has 0 saturated carbocycles. The monoisotopic (exact) mass is 398 g/mol. The van der Waals surface area contributed by atoms with Crippen LogP contribution in [0.15, 0.2) is 54.6 Å². The van der Waals surface area contributed by atoms with Crippen LogP contribution in [0.3, 0.4) is 0 Å². The number of aromatic nitrogens is 1. The fourth-order valence-corrected chi connectivity index (χ4v) is 3.79. The molecule has 1 N–H and O–H groups in total. The van der Waals surface area contributed by atoms with Gasteiger partial charge in [0, 0.05) is 35.5 Å². The Morgan fingerprint density at radius 1 is 1.17 bits per heavy atom. The van der Waals surface area contributed by atoms with Gasteiger partial charge < -0.3 is 10.2 Å². The fourth-order valence-electron chi connectivity index (χ4n) is 3.79. The van der Waals surface area contributed by atoms with Gasteiger partial charge in [0.1, 0.15) is 5.82 Å². The first-order valence-electron chi connectivity index (χ1n) is 10.3. The highest BCUT2D eigenvalue weighted by Gasteiger charge is 2.30. The van der Waals surface area contributed by atoms with Gasteiger partial charge >= 0.3 is 0 Å². The quantitative estimate of drug-likeness (QED) is 0.705. The summed E-state index contributed by atoms with van der Waals surface area (Å²) in [7, 11) is 0. The predicted molar refractivity (Wildman–Crippen MR) is 120 cm³/mol. The van der Waals surface area contributed by atoms with E-state index in [0.29, 0.717) is 5.56 Å². The van der Waals surface area contributed by atoms with Crippen molar-refractivity contribution in [2.45, 2.75) is 33.2 Å². The van der Waals surface area contributed by atoms with Crippen LogP contribution in [-0.4, -0.2) is 30.0 Å². The van der Waals surface area contributed by atoms with E-state index < -0.39 is 5.41 Å². The van der Waals surface area contributed by atoms with E-state index in [1.165, 1.54) is 0 Å². The smallest absolute Gasteiger partial charge is 0.225 e. The molecule has 0 bridgehead atoms. The van der Waals surface area contributed by atoms with Gasteiger partial charge in [0.05, 0.1) is 17.1 Å². The minimum Gasteiger partial charge on any atom is -0.354 e. The van der Waals surface area contributed by atoms with E-state index in [1.54, 1.807) is 0 Å². The summed E-state index contributed by atoms with van der Waals surface area (Å²) in [4.78, 5) is 19.6. The molecular weight excluding hydrogens is 372 g/mol. The Morgan fingerprint density at radius 3 is 2.73 bits per heavy atom. The molecule has 1 unspecified atom stereocenters. The fraction of sp³-hybridized carbons (Fsp3) is 0.320. The van der Waals surface area contributed by atoms with Crippen LogP contribution in [0.2, 0.25) is 0 Å². The number of para-hydroxylation sites is 1. The van der Waals surface area contributed by atoms with Crippen molar-refractivity contribution in [2.75, 3.05) is 18.0 Å². The van der Waals surface area contributed by atoms with Gasteiger partial charge in [-0.15, -0.1) is 0 Å². The van der Waals surface area contributed by atoms with Crippen molar-refractivity contribution < 1.29 is 4.79 Å². The Morgan fingerprint density at radius 2 is 1.97 bits per heavy atom. The lowest BCUT2D eigenvalue weighted by Crippen LogP contribution is -2.43. The summed E-state index contributed by atoms with van der Waals surface area (Å²) in [6.07, 6.45) is 0.883. The third kappa shape index (κ3) is 3.99. The molecule has 0 spiro atoms. The Hall–Kier alpha value is -3.39. The Bertz CT molecular complexity index is 1140. The Balaban J connectivity index is 1.71. The van der Waals surface area contributed by atoms with Gasteiger partial charge in [-0.3, -0.25) is 4.79 Å². The Labute approximate surface area is 177 Å². The van der Waals surface area contributed by atoms with E-state index in [4.69, 9.17) is 4.98 Å². The lowest BCUT2D eigenvalue weighted by Gasteiger charge is -2.24. The van der Waals surface area contributed by atoms with Gasteiger partial charge in [-0.25, -0.2) is 4.98 Å². The number of benzene rings is 2. The number of carbonyl (C=O) groups excluding carboxylic acids is 1. The number of pyridine rings is 1. The SMILES string of the molecule is CC(C)(C)C(=O)NC1CCN(c2nc3ccccc3cc2-c2cccc(C#N)c2)C1. The summed E-state index contributed by atoms with van der Waals surface area (Å²) in [5, 5.41) is 13.6. The molecule has 3 aromatic rings. The molecule has 5 heteroatoms. The average molecular weight is 399 g/mol. The standard InChI is InChI=1S/C25H26N4O/c1-25(2,3)24(30)27-20-11-12-29(16-20)23-21(18-9-6-7-17(13-18)15-26)14-19-8-4-5-10-22(19)28-23/h4-10,13-14,20H,11-12,16H2,1-3H3,(H,27,30). The van der Waals surface area contributed by atoms with Crippen molar-refractivity contribution in [3.05, 3.63) is 60.2 Å². The normalized spacial score (nSPS) is 16.5. The van der Waals surface area contributed by atoms with Gasteiger partial charge in [0.25, 0.3) is 0 Å². The van der Waals surface area contributed by atoms with E-state index in [1.807, 2.05) is 63.2 Å². The maximum Gasteiger partial charge on any atom is 0.225 e. The van der Waals surface area contributed by atoms with E-state index in [0.717, 1.165) is 47.4 Å². The molecule has 1 aliphatic rings. The highest BCUT2D eigenvalue weighted by Crippen LogP contribution is 2.34. The summed E-state index contributed by atoms with van der Waals surface area (Å²) in [6.45, 7) is 7.34. The highest BCUT2D eigenvalue weighted by atomic mass is 16.2. The number of nitrogens with one attached hydrogen (secondary N) is 1. The molecule has 152 valence electrons. The van der Waals surface area contributed by atoms with E-state index in [9.17, 15) is 10.1 Å². The van der Waals surface area contributed by atoms with Gasteiger partial charge in [-0.2, -0.15) is 5.26 Å². The van der Waals surface area contributed by atoms with Crippen molar-refractivity contribution >= 4 is 22.6 Å². The largest absolute Gasteiger partial charge is 0.354 e. The van der Waals surface area contributed by atoms with Crippen molar-refractivity contribution in [1.29, 1.82) is 5.26 Å². The number of fused-ring (bicyclic) bond motifs is 1. The zero-order valence-corrected chi connectivity index (χ0v) is 17.6. The van der Waals surface area contributed by atoms with Gasteiger partial charge in [0.15, 0.2) is 0 Å². The zero-order chi connectivity index (χ0) is 21.3. The summed E-state index contributed by atoms with van der Waals surface area (Å²) in [5.74, 6) is 0.971. The van der Waals surface area contributed by atoms with Crippen molar-refractivity contribution in [3.8, 4) is 17.2 Å². The van der Waals surface area contributed by atoms with Gasteiger partial charge in [-0.1, -0.05) is 51.1 Å². The van der Waals surface area contributed by atoms with Crippen LogP contribution in [0.4, 0.5) is 5.82 Å². The van der Waals surface area contributed by atoms with E-state index in [2.05, 4.69) is 28.4 Å². The minimum absolute atomic E-state index is 0.0720. The molecule has 1 fully saturated rings. The molecule has 5 nitrogen and oxygen atoms in total. The maximum atomic E-state index is 12.4. The minimum atomic E-state index is -0.405. The number of hydrogen-bond donors (Lipinski definition) is 1. The van der Waals surface area contributed by atoms with Crippen molar-refractivity contribution in [2.24, 2.45) is 5.41 Å². The van der Waals surface area contributed by atoms with Crippen LogP contribution in [0.5, 0.6) is 0 Å². The predicted octanol–water partition coefficient (Wildman–Crippen LogP) is 4.51. The lowest BCUT2D eigenvalue weighted by atomic mass is 9.95. The molecule has 0 aliphatic carbocycles. The van der Waals surface area contributed by atoms with E-state index >= 15 is 0 Å². The van der Waals surface area contributed by atoms with Gasteiger partial charge in [0.2, 0.25) is 5.91 Å². The first-order chi connectivity index (χ1) is 14.3. The molecule has 1 atom stereocenters. The van der Waals surface area contributed by atoms with Crippen LogP contribution < -0.4 is 10.2 Å². The molecule has 2 heterocycles. The molecular formula is C25H26N4O. The topological polar surface area (TPSA) is 69.0 Å². The lowest BCUT2D eigenvalue weighted by molar-refractivity contribution is -0.129. The van der Waals surface area contributed by atoms with Crippen molar-refractivity contribution in [3.63, 3.8) is 0 Å². The number of nitrogens with zero attached hydrogens (tertiary/aromatic N) is 3. The molecule has 4 rings (SSSR count). The highest BCUT2D eigenvalue weighted by molar-refractivity contribution is 5.90. The first kappa shape index (κ1) is 19.9. The van der Waals surface area contributed by atoms with Crippen LogP contribution in [0.25, 0.3) is 22.0 Å². The summed E-state index contributed by atoms with van der Waals surface area (Å²) >= 11 is 0. The second-order valence-corrected chi connectivity index (χ2v) is 8.90. The molecule has 2 aromatic carbocycles. The number of nitriles is 1. The molecule has 1 saturated heterocycles. The molecule has 30 heavy (non-hydrogen) atoms.